The quantitative estimate of drug-likeness (QED) is 0.218. The summed E-state index contributed by atoms with van der Waals surface area (Å²) in [6.07, 6.45) is 4.01. The van der Waals surface area contributed by atoms with Gasteiger partial charge in [-0.3, -0.25) is 57.9 Å². The SMILES string of the molecule is C.C.CC(C)(C)C1CC(=O)N(C(C)(C)C)C1=O.CC(C)(C)N1C(=O)C=CC1=O.CC(C)(C)N1C(=O)C=NC1=O.CC(C)(C)N1CC(=O)N(C(C)(C)C)CC(=O)N(C(C)(C)C)CC(=O)N(C(C)(C)C)CC1=O. The molecule has 4 rings (SSSR count). The number of carbonyl (C=O) groups is 10. The molecule has 1 atom stereocenters. The molecule has 0 bridgehead atoms. The van der Waals surface area contributed by atoms with Crippen LogP contribution in [-0.2, 0) is 43.2 Å². The van der Waals surface area contributed by atoms with Gasteiger partial charge in [-0.05, 0) is 151 Å². The molecular formula is C53H94N8O10. The zero-order chi connectivity index (χ0) is 54.8. The lowest BCUT2D eigenvalue weighted by atomic mass is 9.80. The Labute approximate surface area is 427 Å². The van der Waals surface area contributed by atoms with Gasteiger partial charge in [0.2, 0.25) is 35.4 Å². The summed E-state index contributed by atoms with van der Waals surface area (Å²) in [5.74, 6) is -2.16. The molecule has 0 aromatic carbocycles. The summed E-state index contributed by atoms with van der Waals surface area (Å²) in [6.45, 7) is 44.3. The van der Waals surface area contributed by atoms with Crippen molar-refractivity contribution < 1.29 is 47.9 Å². The number of hydrogen-bond donors (Lipinski definition) is 0. The van der Waals surface area contributed by atoms with Gasteiger partial charge in [0.15, 0.2) is 0 Å². The van der Waals surface area contributed by atoms with Crippen molar-refractivity contribution in [3.05, 3.63) is 12.2 Å². The Morgan fingerprint density at radius 2 is 0.634 bits per heavy atom. The number of urea groups is 1. The highest BCUT2D eigenvalue weighted by atomic mass is 16.2. The molecule has 1 unspecified atom stereocenters. The summed E-state index contributed by atoms with van der Waals surface area (Å²) < 4.78 is 0. The first-order valence-electron chi connectivity index (χ1n) is 23.5. The molecule has 0 aromatic heterocycles. The summed E-state index contributed by atoms with van der Waals surface area (Å²) in [7, 11) is 0. The number of imide groups is 3. The zero-order valence-electron chi connectivity index (χ0n) is 46.5. The van der Waals surface area contributed by atoms with E-state index in [1.807, 2.05) is 145 Å². The molecule has 0 spiro atoms. The predicted octanol–water partition coefficient (Wildman–Crippen LogP) is 7.51. The minimum atomic E-state index is -0.630. The second kappa shape index (κ2) is 23.5. The number of aliphatic imine (C=N–C) groups is 1. The van der Waals surface area contributed by atoms with Crippen molar-refractivity contribution in [3.8, 4) is 0 Å². The Hall–Kier alpha value is -5.29. The number of hydrogen-bond acceptors (Lipinski definition) is 10. The fourth-order valence-corrected chi connectivity index (χ4v) is 7.69. The molecule has 0 saturated carbocycles. The first kappa shape index (κ1) is 67.8. The molecule has 0 aliphatic carbocycles. The molecule has 4 aliphatic rings. The summed E-state index contributed by atoms with van der Waals surface area (Å²) in [6, 6.07) is -0.470. The van der Waals surface area contributed by atoms with Crippen molar-refractivity contribution in [1.82, 2.24) is 34.3 Å². The third-order valence-electron chi connectivity index (χ3n) is 11.3. The molecule has 18 nitrogen and oxygen atoms in total. The largest absolute Gasteiger partial charge is 0.351 e. The van der Waals surface area contributed by atoms with Gasteiger partial charge in [-0.2, -0.15) is 4.99 Å². The molecule has 4 aliphatic heterocycles. The fraction of sp³-hybridized carbons (Fsp3) is 0.755. The van der Waals surface area contributed by atoms with Crippen LogP contribution in [0.1, 0.15) is 187 Å². The van der Waals surface area contributed by atoms with Gasteiger partial charge in [0, 0.05) is 57.3 Å². The van der Waals surface area contributed by atoms with E-state index in [-0.39, 0.29) is 106 Å². The minimum Gasteiger partial charge on any atom is -0.327 e. The van der Waals surface area contributed by atoms with E-state index in [1.54, 1.807) is 20.8 Å². The molecular weight excluding hydrogens is 909 g/mol. The maximum Gasteiger partial charge on any atom is 0.351 e. The highest BCUT2D eigenvalue weighted by molar-refractivity contribution is 6.35. The number of nitrogens with zero attached hydrogens (tertiary/aromatic N) is 8. The van der Waals surface area contributed by atoms with E-state index in [4.69, 9.17) is 0 Å². The van der Waals surface area contributed by atoms with Crippen LogP contribution in [0.5, 0.6) is 0 Å². The van der Waals surface area contributed by atoms with Gasteiger partial charge in [-0.15, -0.1) is 0 Å². The maximum absolute atomic E-state index is 13.4. The molecule has 0 N–H and O–H groups in total. The molecule has 18 heteroatoms. The highest BCUT2D eigenvalue weighted by Gasteiger charge is 2.48. The first-order valence-corrected chi connectivity index (χ1v) is 23.5. The zero-order valence-corrected chi connectivity index (χ0v) is 46.5. The van der Waals surface area contributed by atoms with E-state index in [1.165, 1.54) is 41.6 Å². The molecule has 406 valence electrons. The summed E-state index contributed by atoms with van der Waals surface area (Å²) in [5, 5.41) is 0. The van der Waals surface area contributed by atoms with Crippen LogP contribution in [0.15, 0.2) is 17.1 Å². The van der Waals surface area contributed by atoms with E-state index in [9.17, 15) is 47.9 Å². The number of amides is 11. The van der Waals surface area contributed by atoms with E-state index in [0.29, 0.717) is 6.42 Å². The summed E-state index contributed by atoms with van der Waals surface area (Å²) >= 11 is 0. The second-order valence-electron chi connectivity index (χ2n) is 25.9. The predicted molar refractivity (Wildman–Crippen MR) is 280 cm³/mol. The van der Waals surface area contributed by atoms with Gasteiger partial charge in [0.1, 0.15) is 26.2 Å². The lowest BCUT2D eigenvalue weighted by molar-refractivity contribution is -0.158. The van der Waals surface area contributed by atoms with Gasteiger partial charge in [0.05, 0.1) is 12.1 Å². The van der Waals surface area contributed by atoms with Crippen LogP contribution in [-0.4, -0.2) is 165 Å². The molecule has 71 heavy (non-hydrogen) atoms. The molecule has 0 aromatic rings. The number of rotatable bonds is 0. The summed E-state index contributed by atoms with van der Waals surface area (Å²) in [4.78, 5) is 135. The summed E-state index contributed by atoms with van der Waals surface area (Å²) in [5.41, 5.74) is -3.92. The average molecular weight is 1000 g/mol. The number of carbonyl (C=O) groups excluding carboxylic acids is 10. The van der Waals surface area contributed by atoms with Crippen LogP contribution in [0, 0.1) is 11.3 Å². The van der Waals surface area contributed by atoms with E-state index in [0.717, 1.165) is 11.1 Å². The first-order chi connectivity index (χ1) is 30.5. The average Bonchev–Trinajstić information content (AvgIpc) is 3.76. The van der Waals surface area contributed by atoms with Crippen molar-refractivity contribution in [2.75, 3.05) is 26.2 Å². The molecule has 0 radical (unpaired) electrons. The fourth-order valence-electron chi connectivity index (χ4n) is 7.69. The van der Waals surface area contributed by atoms with Crippen molar-refractivity contribution in [3.63, 3.8) is 0 Å². The molecule has 4 heterocycles. The monoisotopic (exact) mass is 1000 g/mol. The van der Waals surface area contributed by atoms with E-state index < -0.39 is 44.8 Å². The molecule has 11 amide bonds. The lowest BCUT2D eigenvalue weighted by Gasteiger charge is -2.45. The van der Waals surface area contributed by atoms with Crippen molar-refractivity contribution >= 4 is 65.4 Å². The van der Waals surface area contributed by atoms with Crippen molar-refractivity contribution in [2.45, 2.75) is 226 Å². The Morgan fingerprint density at radius 1 is 0.366 bits per heavy atom. The van der Waals surface area contributed by atoms with Crippen LogP contribution < -0.4 is 0 Å². The van der Waals surface area contributed by atoms with Crippen LogP contribution in [0.2, 0.25) is 0 Å². The standard InChI is InChI=1S/C24H44N4O4.C12H21NO2.C8H11NO2.C7H10N2O2.2CH4/c1-21(2,3)25-13-18(30)27(23(7,8)9)15-20(32)28(24(10,11)12)16-19(31)26(14-17(25)29)22(4,5)6;1-11(2,3)8-7-9(14)13(10(8)15)12(4,5)6;1-8(2,3)9-6(10)4-5-7(9)11;1-7(2,3)9-5(10)4-8-6(9)11;;/h13-16H2,1-12H3;8H,7H2,1-6H3;4-5H,1-3H3;4H,1-3H3;2*1H4. The van der Waals surface area contributed by atoms with Gasteiger partial charge in [0.25, 0.3) is 17.7 Å². The van der Waals surface area contributed by atoms with Gasteiger partial charge in [-0.1, -0.05) is 35.6 Å². The Morgan fingerprint density at radius 3 is 0.775 bits per heavy atom. The van der Waals surface area contributed by atoms with Crippen molar-refractivity contribution in [1.29, 1.82) is 0 Å². The highest BCUT2D eigenvalue weighted by Crippen LogP contribution is 2.38. The van der Waals surface area contributed by atoms with Crippen LogP contribution in [0.3, 0.4) is 0 Å². The van der Waals surface area contributed by atoms with Crippen molar-refractivity contribution in [2.24, 2.45) is 16.3 Å². The van der Waals surface area contributed by atoms with Crippen LogP contribution in [0.25, 0.3) is 0 Å². The smallest absolute Gasteiger partial charge is 0.327 e. The third kappa shape index (κ3) is 18.7. The number of likely N-dealkylation sites (tertiary alicyclic amines) is 1. The van der Waals surface area contributed by atoms with Gasteiger partial charge in [-0.25, -0.2) is 4.79 Å². The Balaban J connectivity index is 0. The van der Waals surface area contributed by atoms with E-state index in [2.05, 4.69) is 4.99 Å². The Kier molecular flexibility index (Phi) is 22.4. The van der Waals surface area contributed by atoms with Gasteiger partial charge < -0.3 is 19.6 Å². The maximum atomic E-state index is 13.4. The van der Waals surface area contributed by atoms with E-state index >= 15 is 0 Å². The molecule has 2 fully saturated rings. The molecule has 2 saturated heterocycles. The normalized spacial score (nSPS) is 19.4. The van der Waals surface area contributed by atoms with Crippen LogP contribution in [0.4, 0.5) is 4.79 Å². The Bertz CT molecular complexity index is 1850. The third-order valence-corrected chi connectivity index (χ3v) is 11.3. The lowest BCUT2D eigenvalue weighted by Crippen LogP contribution is -2.63. The second-order valence-corrected chi connectivity index (χ2v) is 25.9. The van der Waals surface area contributed by atoms with Crippen LogP contribution >= 0.6 is 0 Å². The van der Waals surface area contributed by atoms with Gasteiger partial charge >= 0.3 is 6.03 Å². The minimum absolute atomic E-state index is 0. The topological polar surface area (TPSA) is 206 Å².